The molecule has 0 aromatic heterocycles. The van der Waals surface area contributed by atoms with Gasteiger partial charge < -0.3 is 5.73 Å². The summed E-state index contributed by atoms with van der Waals surface area (Å²) in [7, 11) is 0. The van der Waals surface area contributed by atoms with Crippen LogP contribution in [-0.2, 0) is 0 Å². The maximum Gasteiger partial charge on any atom is 0.0268 e. The van der Waals surface area contributed by atoms with Gasteiger partial charge in [-0.05, 0) is 25.0 Å². The first kappa shape index (κ1) is 10.5. The fourth-order valence-corrected chi connectivity index (χ4v) is 1.10. The summed E-state index contributed by atoms with van der Waals surface area (Å²) in [5.74, 6) is 0. The summed E-state index contributed by atoms with van der Waals surface area (Å²) < 4.78 is 0. The monoisotopic (exact) mass is 171 g/mol. The zero-order valence-electron chi connectivity index (χ0n) is 6.87. The molecule has 0 aliphatic heterocycles. The number of hydrogen-bond acceptors (Lipinski definition) is 1. The maximum atomic E-state index is 5.71. The molecule has 0 aliphatic rings. The predicted octanol–water partition coefficient (Wildman–Crippen LogP) is 2.44. The minimum absolute atomic E-state index is 0. The lowest BCUT2D eigenvalue weighted by atomic mass is 10.0. The molecular weight excluding hydrogens is 158 g/mol. The van der Waals surface area contributed by atoms with Gasteiger partial charge in [0, 0.05) is 6.04 Å². The molecule has 0 saturated heterocycles. The van der Waals surface area contributed by atoms with Crippen molar-refractivity contribution in [2.45, 2.75) is 19.9 Å². The van der Waals surface area contributed by atoms with Gasteiger partial charge in [0.2, 0.25) is 0 Å². The van der Waals surface area contributed by atoms with Crippen LogP contribution in [0.3, 0.4) is 0 Å². The van der Waals surface area contributed by atoms with Gasteiger partial charge in [0.15, 0.2) is 0 Å². The normalized spacial score (nSPS) is 11.9. The molecule has 0 bridgehead atoms. The van der Waals surface area contributed by atoms with Crippen molar-refractivity contribution in [3.63, 3.8) is 0 Å². The summed E-state index contributed by atoms with van der Waals surface area (Å²) >= 11 is 0. The molecule has 1 atom stereocenters. The lowest BCUT2D eigenvalue weighted by Crippen LogP contribution is -2.06. The zero-order valence-corrected chi connectivity index (χ0v) is 7.69. The molecule has 1 aromatic rings. The molecule has 62 valence electrons. The van der Waals surface area contributed by atoms with E-state index in [-0.39, 0.29) is 18.4 Å². The van der Waals surface area contributed by atoms with Crippen molar-refractivity contribution >= 4 is 12.4 Å². The van der Waals surface area contributed by atoms with Gasteiger partial charge in [0.05, 0.1) is 0 Å². The summed E-state index contributed by atoms with van der Waals surface area (Å²) in [5.41, 5.74) is 8.23. The number of halogens is 1. The van der Waals surface area contributed by atoms with E-state index in [1.807, 2.05) is 19.1 Å². The SMILES string of the molecule is Cc1ccccc1[C@@H](C)N.Cl. The van der Waals surface area contributed by atoms with Crippen LogP contribution in [0.4, 0.5) is 0 Å². The van der Waals surface area contributed by atoms with Crippen LogP contribution in [0.15, 0.2) is 24.3 Å². The topological polar surface area (TPSA) is 26.0 Å². The number of hydrogen-bond donors (Lipinski definition) is 1. The molecule has 0 unspecified atom stereocenters. The summed E-state index contributed by atoms with van der Waals surface area (Å²) in [6.45, 7) is 4.08. The van der Waals surface area contributed by atoms with Crippen molar-refractivity contribution in [3.8, 4) is 0 Å². The molecule has 0 saturated carbocycles. The van der Waals surface area contributed by atoms with E-state index in [1.54, 1.807) is 0 Å². The maximum absolute atomic E-state index is 5.71. The minimum Gasteiger partial charge on any atom is -0.324 e. The molecule has 0 spiro atoms. The van der Waals surface area contributed by atoms with Crippen LogP contribution in [0.25, 0.3) is 0 Å². The highest BCUT2D eigenvalue weighted by Gasteiger charge is 1.99. The Balaban J connectivity index is 0.000001000. The Morgan fingerprint density at radius 2 is 1.82 bits per heavy atom. The Bertz CT molecular complexity index is 221. The van der Waals surface area contributed by atoms with E-state index in [0.29, 0.717) is 0 Å². The van der Waals surface area contributed by atoms with Gasteiger partial charge in [0.25, 0.3) is 0 Å². The van der Waals surface area contributed by atoms with Gasteiger partial charge in [-0.3, -0.25) is 0 Å². The third-order valence-electron chi connectivity index (χ3n) is 1.68. The van der Waals surface area contributed by atoms with Crippen LogP contribution in [-0.4, -0.2) is 0 Å². The molecule has 11 heavy (non-hydrogen) atoms. The van der Waals surface area contributed by atoms with Gasteiger partial charge in [0.1, 0.15) is 0 Å². The van der Waals surface area contributed by atoms with E-state index >= 15 is 0 Å². The summed E-state index contributed by atoms with van der Waals surface area (Å²) in [6.07, 6.45) is 0. The van der Waals surface area contributed by atoms with Crippen molar-refractivity contribution in [2.75, 3.05) is 0 Å². The highest BCUT2D eigenvalue weighted by molar-refractivity contribution is 5.85. The number of aryl methyl sites for hydroxylation is 1. The molecule has 0 heterocycles. The van der Waals surface area contributed by atoms with Crippen LogP contribution >= 0.6 is 12.4 Å². The first-order valence-electron chi connectivity index (χ1n) is 3.53. The Kier molecular flexibility index (Phi) is 4.16. The highest BCUT2D eigenvalue weighted by Crippen LogP contribution is 2.13. The molecule has 0 amide bonds. The fourth-order valence-electron chi connectivity index (χ4n) is 1.10. The molecular formula is C9H14ClN. The van der Waals surface area contributed by atoms with Crippen LogP contribution in [0.2, 0.25) is 0 Å². The van der Waals surface area contributed by atoms with Crippen LogP contribution in [0.5, 0.6) is 0 Å². The number of rotatable bonds is 1. The van der Waals surface area contributed by atoms with Crippen molar-refractivity contribution in [3.05, 3.63) is 35.4 Å². The van der Waals surface area contributed by atoms with Gasteiger partial charge >= 0.3 is 0 Å². The molecule has 2 N–H and O–H groups in total. The summed E-state index contributed by atoms with van der Waals surface area (Å²) in [6, 6.07) is 8.35. The Morgan fingerprint density at radius 1 is 1.27 bits per heavy atom. The average Bonchev–Trinajstić information content (AvgIpc) is 1.88. The third-order valence-corrected chi connectivity index (χ3v) is 1.68. The van der Waals surface area contributed by atoms with Gasteiger partial charge in [-0.2, -0.15) is 0 Å². The highest BCUT2D eigenvalue weighted by atomic mass is 35.5. The number of nitrogens with two attached hydrogens (primary N) is 1. The Hall–Kier alpha value is -0.530. The van der Waals surface area contributed by atoms with E-state index < -0.39 is 0 Å². The lowest BCUT2D eigenvalue weighted by Gasteiger charge is -2.07. The van der Waals surface area contributed by atoms with E-state index in [0.717, 1.165) is 0 Å². The van der Waals surface area contributed by atoms with E-state index in [4.69, 9.17) is 5.73 Å². The first-order chi connectivity index (χ1) is 4.72. The van der Waals surface area contributed by atoms with Gasteiger partial charge in [-0.1, -0.05) is 24.3 Å². The second-order valence-corrected chi connectivity index (χ2v) is 2.65. The van der Waals surface area contributed by atoms with Crippen LogP contribution < -0.4 is 5.73 Å². The quantitative estimate of drug-likeness (QED) is 0.690. The Morgan fingerprint density at radius 3 is 2.18 bits per heavy atom. The smallest absolute Gasteiger partial charge is 0.0268 e. The first-order valence-corrected chi connectivity index (χ1v) is 3.53. The second-order valence-electron chi connectivity index (χ2n) is 2.65. The molecule has 1 nitrogen and oxygen atoms in total. The molecule has 2 heteroatoms. The summed E-state index contributed by atoms with van der Waals surface area (Å²) in [4.78, 5) is 0. The van der Waals surface area contributed by atoms with Crippen LogP contribution in [0, 0.1) is 6.92 Å². The minimum atomic E-state index is 0. The van der Waals surface area contributed by atoms with Crippen LogP contribution in [0.1, 0.15) is 24.1 Å². The van der Waals surface area contributed by atoms with Crippen molar-refractivity contribution < 1.29 is 0 Å². The van der Waals surface area contributed by atoms with E-state index in [2.05, 4.69) is 19.1 Å². The summed E-state index contributed by atoms with van der Waals surface area (Å²) in [5, 5.41) is 0. The molecule has 1 rings (SSSR count). The fraction of sp³-hybridized carbons (Fsp3) is 0.333. The van der Waals surface area contributed by atoms with Crippen molar-refractivity contribution in [1.82, 2.24) is 0 Å². The molecule has 0 fully saturated rings. The van der Waals surface area contributed by atoms with E-state index in [9.17, 15) is 0 Å². The predicted molar refractivity (Wildman–Crippen MR) is 51.0 cm³/mol. The molecule has 1 aromatic carbocycles. The number of benzene rings is 1. The van der Waals surface area contributed by atoms with Gasteiger partial charge in [-0.15, -0.1) is 12.4 Å². The average molecular weight is 172 g/mol. The standard InChI is InChI=1S/C9H13N.ClH/c1-7-5-3-4-6-9(7)8(2)10;/h3-6,8H,10H2,1-2H3;1H/t8-;/m1./s1. The lowest BCUT2D eigenvalue weighted by molar-refractivity contribution is 0.810. The van der Waals surface area contributed by atoms with Gasteiger partial charge in [-0.25, -0.2) is 0 Å². The zero-order chi connectivity index (χ0) is 7.56. The largest absolute Gasteiger partial charge is 0.324 e. The Labute approximate surface area is 74.0 Å². The third kappa shape index (κ3) is 2.52. The van der Waals surface area contributed by atoms with Crippen molar-refractivity contribution in [2.24, 2.45) is 5.73 Å². The van der Waals surface area contributed by atoms with E-state index in [1.165, 1.54) is 11.1 Å². The van der Waals surface area contributed by atoms with Crippen molar-refractivity contribution in [1.29, 1.82) is 0 Å². The molecule has 0 aliphatic carbocycles. The molecule has 0 radical (unpaired) electrons. The second kappa shape index (κ2) is 4.37.